The van der Waals surface area contributed by atoms with Crippen LogP contribution in [0.1, 0.15) is 49.6 Å². The minimum Gasteiger partial charge on any atom is -0.326 e. The molecule has 0 bridgehead atoms. The summed E-state index contributed by atoms with van der Waals surface area (Å²) in [5, 5.41) is 9.45. The number of pyridine rings is 1. The van der Waals surface area contributed by atoms with Crippen molar-refractivity contribution in [1.29, 1.82) is 5.26 Å². The molecule has 0 radical (unpaired) electrons. The molecule has 0 saturated carbocycles. The van der Waals surface area contributed by atoms with Gasteiger partial charge in [-0.05, 0) is 44.4 Å². The predicted molar refractivity (Wildman–Crippen MR) is 149 cm³/mol. The number of piperazine rings is 1. The number of allylic oxidation sites excluding steroid dienone is 1. The first-order valence-corrected chi connectivity index (χ1v) is 13.5. The van der Waals surface area contributed by atoms with Crippen LogP contribution in [0.5, 0.6) is 0 Å². The van der Waals surface area contributed by atoms with Crippen LogP contribution in [0.4, 0.5) is 5.82 Å². The molecule has 1 saturated heterocycles. The Balaban J connectivity index is 1.80. The molecule has 1 aliphatic rings. The van der Waals surface area contributed by atoms with Crippen LogP contribution in [0, 0.1) is 18.3 Å². The molecule has 4 rings (SSSR count). The zero-order chi connectivity index (χ0) is 25.1. The van der Waals surface area contributed by atoms with Gasteiger partial charge in [-0.25, -0.2) is 9.78 Å². The maximum absolute atomic E-state index is 12.8. The van der Waals surface area contributed by atoms with Gasteiger partial charge in [0, 0.05) is 42.3 Å². The van der Waals surface area contributed by atoms with E-state index >= 15 is 0 Å². The van der Waals surface area contributed by atoms with Gasteiger partial charge in [-0.2, -0.15) is 10.2 Å². The molecule has 0 amide bonds. The van der Waals surface area contributed by atoms with E-state index in [1.54, 1.807) is 19.2 Å². The number of alkyl halides is 1. The van der Waals surface area contributed by atoms with Gasteiger partial charge >= 0.3 is 5.69 Å². The summed E-state index contributed by atoms with van der Waals surface area (Å²) in [6.07, 6.45) is 4.14. The smallest absolute Gasteiger partial charge is 0.326 e. The minimum absolute atomic E-state index is 0.280. The van der Waals surface area contributed by atoms with E-state index in [0.717, 1.165) is 29.5 Å². The minimum atomic E-state index is -0.326. The molecule has 1 aromatic carbocycles. The fourth-order valence-electron chi connectivity index (χ4n) is 4.96. The fraction of sp³-hybridized carbons (Fsp3) is 0.407. The van der Waals surface area contributed by atoms with Crippen LogP contribution >= 0.6 is 22.6 Å². The molecule has 1 unspecified atom stereocenters. The molecule has 1 fully saturated rings. The van der Waals surface area contributed by atoms with Crippen molar-refractivity contribution in [3.63, 3.8) is 0 Å². The third kappa shape index (κ3) is 4.98. The number of fused-ring (bicyclic) bond motifs is 1. The Hall–Kier alpha value is -2.77. The first kappa shape index (κ1) is 25.3. The van der Waals surface area contributed by atoms with Crippen molar-refractivity contribution in [2.45, 2.75) is 45.7 Å². The van der Waals surface area contributed by atoms with Gasteiger partial charge in [0.05, 0.1) is 5.52 Å². The van der Waals surface area contributed by atoms with Crippen LogP contribution < -0.4 is 10.6 Å². The third-order valence-electron chi connectivity index (χ3n) is 6.88. The van der Waals surface area contributed by atoms with Crippen LogP contribution in [-0.2, 0) is 7.05 Å². The zero-order valence-electron chi connectivity index (χ0n) is 20.7. The van der Waals surface area contributed by atoms with E-state index in [1.807, 2.05) is 6.92 Å². The zero-order valence-corrected chi connectivity index (χ0v) is 22.9. The average molecular weight is 582 g/mol. The highest BCUT2D eigenvalue weighted by atomic mass is 127. The van der Waals surface area contributed by atoms with Gasteiger partial charge in [0.2, 0.25) is 0 Å². The molecule has 0 N–H and O–H groups in total. The molecule has 2 atom stereocenters. The highest BCUT2D eigenvalue weighted by Gasteiger charge is 2.35. The SMILES string of the molecule is C/C=C1\CN(C(CC)c2ccc(C)cc2)[C@H](CCI)CN1c1nc(=O)n(C)c2ccc(C#N)nc12. The van der Waals surface area contributed by atoms with Gasteiger partial charge in [-0.3, -0.25) is 9.47 Å². The molecule has 1 aliphatic heterocycles. The number of anilines is 1. The molecule has 35 heavy (non-hydrogen) atoms. The normalized spacial score (nSPS) is 18.7. The molecular weight excluding hydrogens is 551 g/mol. The van der Waals surface area contributed by atoms with E-state index in [4.69, 9.17) is 0 Å². The average Bonchev–Trinajstić information content (AvgIpc) is 2.88. The lowest BCUT2D eigenvalue weighted by Crippen LogP contribution is -2.53. The van der Waals surface area contributed by atoms with Crippen molar-refractivity contribution in [3.8, 4) is 6.07 Å². The van der Waals surface area contributed by atoms with Crippen LogP contribution in [-0.4, -0.2) is 43.0 Å². The van der Waals surface area contributed by atoms with Crippen molar-refractivity contribution >= 4 is 39.4 Å². The van der Waals surface area contributed by atoms with Gasteiger partial charge in [-0.1, -0.05) is 65.4 Å². The monoisotopic (exact) mass is 582 g/mol. The maximum atomic E-state index is 12.8. The fourth-order valence-corrected chi connectivity index (χ4v) is 5.68. The summed E-state index contributed by atoms with van der Waals surface area (Å²) in [5.41, 5.74) is 4.93. The van der Waals surface area contributed by atoms with E-state index < -0.39 is 0 Å². The Kier molecular flexibility index (Phi) is 7.87. The van der Waals surface area contributed by atoms with Crippen molar-refractivity contribution in [2.24, 2.45) is 7.05 Å². The van der Waals surface area contributed by atoms with Gasteiger partial charge in [0.1, 0.15) is 17.3 Å². The second-order valence-electron chi connectivity index (χ2n) is 8.98. The molecule has 0 aliphatic carbocycles. The highest BCUT2D eigenvalue weighted by molar-refractivity contribution is 14.1. The number of benzene rings is 1. The molecule has 0 spiro atoms. The number of aryl methyl sites for hydroxylation is 2. The lowest BCUT2D eigenvalue weighted by Gasteiger charge is -2.47. The molecule has 8 heteroatoms. The number of rotatable bonds is 6. The maximum Gasteiger partial charge on any atom is 0.349 e. The quantitative estimate of drug-likeness (QED) is 0.305. The van der Waals surface area contributed by atoms with E-state index in [1.165, 1.54) is 15.7 Å². The molecule has 3 aromatic rings. The summed E-state index contributed by atoms with van der Waals surface area (Å²) in [4.78, 5) is 26.6. The first-order chi connectivity index (χ1) is 16.9. The summed E-state index contributed by atoms with van der Waals surface area (Å²) in [6.45, 7) is 7.85. The summed E-state index contributed by atoms with van der Waals surface area (Å²) in [5.74, 6) is 0.537. The first-order valence-electron chi connectivity index (χ1n) is 12.0. The highest BCUT2D eigenvalue weighted by Crippen LogP contribution is 2.35. The van der Waals surface area contributed by atoms with Gasteiger partial charge < -0.3 is 4.90 Å². The van der Waals surface area contributed by atoms with Crippen molar-refractivity contribution < 1.29 is 0 Å². The Morgan fingerprint density at radius 1 is 1.23 bits per heavy atom. The van der Waals surface area contributed by atoms with Gasteiger partial charge in [-0.15, -0.1) is 0 Å². The number of hydrogen-bond acceptors (Lipinski definition) is 6. The van der Waals surface area contributed by atoms with E-state index in [-0.39, 0.29) is 11.7 Å². The van der Waals surface area contributed by atoms with Crippen LogP contribution in [0.3, 0.4) is 0 Å². The lowest BCUT2D eigenvalue weighted by molar-refractivity contribution is 0.126. The number of aromatic nitrogens is 3. The standard InChI is InChI=1S/C27H31IN6O/c1-5-21-16-33(23(6-2)19-9-7-18(3)8-10-19)22(13-14-28)17-34(21)26-25-24(32(4)27(35)31-26)12-11-20(15-29)30-25/h5,7-12,22-23H,6,13-14,16-17H2,1-4H3/b21-5+/t22-,23?/m1/s1. The van der Waals surface area contributed by atoms with E-state index in [2.05, 4.69) is 92.6 Å². The molecule has 182 valence electrons. The van der Waals surface area contributed by atoms with Gasteiger partial charge in [0.25, 0.3) is 0 Å². The summed E-state index contributed by atoms with van der Waals surface area (Å²) < 4.78 is 2.52. The van der Waals surface area contributed by atoms with E-state index in [9.17, 15) is 10.1 Å². The second kappa shape index (κ2) is 10.9. The van der Waals surface area contributed by atoms with Crippen LogP contribution in [0.25, 0.3) is 11.0 Å². The summed E-state index contributed by atoms with van der Waals surface area (Å²) in [6, 6.07) is 15.0. The van der Waals surface area contributed by atoms with Gasteiger partial charge in [0.15, 0.2) is 5.82 Å². The molecule has 3 heterocycles. The van der Waals surface area contributed by atoms with Crippen molar-refractivity contribution in [2.75, 3.05) is 22.4 Å². The number of nitriles is 1. The van der Waals surface area contributed by atoms with Crippen LogP contribution in [0.15, 0.2) is 53.0 Å². The number of hydrogen-bond donors (Lipinski definition) is 0. The predicted octanol–water partition coefficient (Wildman–Crippen LogP) is 4.88. The summed E-state index contributed by atoms with van der Waals surface area (Å²) >= 11 is 2.45. The molecular formula is C27H31IN6O. The number of halogens is 1. The number of nitrogens with zero attached hydrogens (tertiary/aromatic N) is 6. The Labute approximate surface area is 220 Å². The molecule has 2 aromatic heterocycles. The lowest BCUT2D eigenvalue weighted by atomic mass is 9.96. The Morgan fingerprint density at radius 2 is 1.97 bits per heavy atom. The van der Waals surface area contributed by atoms with Crippen molar-refractivity contribution in [1.82, 2.24) is 19.4 Å². The van der Waals surface area contributed by atoms with Crippen LogP contribution in [0.2, 0.25) is 0 Å². The Bertz CT molecular complexity index is 1340. The summed E-state index contributed by atoms with van der Waals surface area (Å²) in [7, 11) is 1.69. The Morgan fingerprint density at radius 3 is 2.60 bits per heavy atom. The largest absolute Gasteiger partial charge is 0.349 e. The third-order valence-corrected chi connectivity index (χ3v) is 7.51. The second-order valence-corrected chi connectivity index (χ2v) is 10.1. The molecule has 7 nitrogen and oxygen atoms in total. The topological polar surface area (TPSA) is 78.0 Å². The van der Waals surface area contributed by atoms with E-state index in [0.29, 0.717) is 35.1 Å². The van der Waals surface area contributed by atoms with Crippen molar-refractivity contribution in [3.05, 3.63) is 75.5 Å².